The molecule has 2 N–H and O–H groups in total. The molecule has 0 aliphatic rings. The van der Waals surface area contributed by atoms with Gasteiger partial charge in [0.15, 0.2) is 0 Å². The van der Waals surface area contributed by atoms with E-state index in [1.165, 1.54) is 5.56 Å². The van der Waals surface area contributed by atoms with Crippen LogP contribution in [0, 0.1) is 0 Å². The highest BCUT2D eigenvalue weighted by atomic mass is 14.9. The zero-order valence-corrected chi connectivity index (χ0v) is 12.3. The highest BCUT2D eigenvalue weighted by Gasteiger charge is 2.05. The number of hydrogen-bond acceptors (Lipinski definition) is 2. The van der Waals surface area contributed by atoms with E-state index in [9.17, 15) is 0 Å². The van der Waals surface area contributed by atoms with Crippen LogP contribution in [0.4, 0.5) is 0 Å². The molecule has 0 saturated carbocycles. The van der Waals surface area contributed by atoms with Gasteiger partial charge in [0.25, 0.3) is 0 Å². The van der Waals surface area contributed by atoms with Crippen LogP contribution >= 0.6 is 0 Å². The Kier molecular flexibility index (Phi) is 4.31. The number of imidazole rings is 1. The van der Waals surface area contributed by atoms with Crippen molar-refractivity contribution in [3.8, 4) is 0 Å². The average Bonchev–Trinajstić information content (AvgIpc) is 2.95. The number of benzene rings is 2. The molecule has 3 heteroatoms. The second kappa shape index (κ2) is 6.55. The lowest BCUT2D eigenvalue weighted by molar-refractivity contribution is 0.610. The molecule has 0 spiro atoms. The fourth-order valence-electron chi connectivity index (χ4n) is 2.55. The molecule has 1 heterocycles. The van der Waals surface area contributed by atoms with Gasteiger partial charge in [-0.25, -0.2) is 4.98 Å². The monoisotopic (exact) mass is 279 g/mol. The van der Waals surface area contributed by atoms with E-state index >= 15 is 0 Å². The number of para-hydroxylation sites is 2. The molecule has 21 heavy (non-hydrogen) atoms. The van der Waals surface area contributed by atoms with E-state index in [4.69, 9.17) is 0 Å². The fraction of sp³-hybridized carbons (Fsp3) is 0.278. The molecule has 0 aliphatic heterocycles. The molecule has 2 aromatic carbocycles. The smallest absolute Gasteiger partial charge is 0.108 e. The molecule has 1 atom stereocenters. The van der Waals surface area contributed by atoms with E-state index < -0.39 is 0 Å². The third-order valence-electron chi connectivity index (χ3n) is 3.80. The molecule has 3 nitrogen and oxygen atoms in total. The summed E-state index contributed by atoms with van der Waals surface area (Å²) in [4.78, 5) is 7.96. The topological polar surface area (TPSA) is 40.7 Å². The summed E-state index contributed by atoms with van der Waals surface area (Å²) >= 11 is 0. The van der Waals surface area contributed by atoms with E-state index in [1.807, 2.05) is 18.2 Å². The lowest BCUT2D eigenvalue weighted by atomic mass is 10.0. The molecule has 0 saturated heterocycles. The van der Waals surface area contributed by atoms with Crippen molar-refractivity contribution >= 4 is 11.0 Å². The summed E-state index contributed by atoms with van der Waals surface area (Å²) in [7, 11) is 0. The van der Waals surface area contributed by atoms with Gasteiger partial charge < -0.3 is 10.3 Å². The molecule has 0 unspecified atom stereocenters. The van der Waals surface area contributed by atoms with Crippen LogP contribution in [-0.4, -0.2) is 23.1 Å². The van der Waals surface area contributed by atoms with E-state index in [0.29, 0.717) is 5.92 Å². The van der Waals surface area contributed by atoms with Gasteiger partial charge in [0.2, 0.25) is 0 Å². The van der Waals surface area contributed by atoms with E-state index in [0.717, 1.165) is 36.4 Å². The standard InChI is InChI=1S/C18H21N3/c1-14(15-7-3-2-4-8-15)13-19-12-11-18-20-16-9-5-6-10-17(16)21-18/h2-10,14,19H,11-13H2,1H3,(H,20,21)/t14-/m1/s1. The Hall–Kier alpha value is -2.13. The number of H-pyrrole nitrogens is 1. The molecule has 3 aromatic rings. The predicted octanol–water partition coefficient (Wildman–Crippen LogP) is 3.50. The van der Waals surface area contributed by atoms with Gasteiger partial charge in [0.05, 0.1) is 11.0 Å². The zero-order chi connectivity index (χ0) is 14.5. The highest BCUT2D eigenvalue weighted by Crippen LogP contribution is 2.13. The highest BCUT2D eigenvalue weighted by molar-refractivity contribution is 5.74. The van der Waals surface area contributed by atoms with E-state index in [1.54, 1.807) is 0 Å². The summed E-state index contributed by atoms with van der Waals surface area (Å²) in [5.74, 6) is 1.58. The van der Waals surface area contributed by atoms with Gasteiger partial charge in [-0.2, -0.15) is 0 Å². The summed E-state index contributed by atoms with van der Waals surface area (Å²) in [5.41, 5.74) is 3.55. The molecule has 0 aliphatic carbocycles. The van der Waals surface area contributed by atoms with Gasteiger partial charge in [-0.1, -0.05) is 49.4 Å². The first-order valence-corrected chi connectivity index (χ1v) is 7.52. The Bertz CT molecular complexity index is 655. The molecule has 3 rings (SSSR count). The van der Waals surface area contributed by atoms with Crippen LogP contribution in [0.15, 0.2) is 54.6 Å². The first-order chi connectivity index (χ1) is 10.3. The van der Waals surface area contributed by atoms with Crippen LogP contribution in [0.5, 0.6) is 0 Å². The molecule has 0 radical (unpaired) electrons. The van der Waals surface area contributed by atoms with Crippen molar-refractivity contribution < 1.29 is 0 Å². The zero-order valence-electron chi connectivity index (χ0n) is 12.3. The normalized spacial score (nSPS) is 12.6. The lowest BCUT2D eigenvalue weighted by Gasteiger charge is -2.12. The van der Waals surface area contributed by atoms with Crippen LogP contribution in [0.2, 0.25) is 0 Å². The van der Waals surface area contributed by atoms with Gasteiger partial charge in [-0.15, -0.1) is 0 Å². The van der Waals surface area contributed by atoms with Crippen molar-refractivity contribution in [2.24, 2.45) is 0 Å². The number of nitrogens with zero attached hydrogens (tertiary/aromatic N) is 1. The second-order valence-corrected chi connectivity index (χ2v) is 5.47. The third kappa shape index (κ3) is 3.50. The summed E-state index contributed by atoms with van der Waals surface area (Å²) in [6.07, 6.45) is 0.927. The number of hydrogen-bond donors (Lipinski definition) is 2. The minimum absolute atomic E-state index is 0.530. The molecule has 1 aromatic heterocycles. The first-order valence-electron chi connectivity index (χ1n) is 7.52. The number of fused-ring (bicyclic) bond motifs is 1. The number of aromatic amines is 1. The van der Waals surface area contributed by atoms with Crippen LogP contribution in [0.1, 0.15) is 24.2 Å². The molecule has 108 valence electrons. The molecular weight excluding hydrogens is 258 g/mol. The Morgan fingerprint density at radius 2 is 1.81 bits per heavy atom. The Balaban J connectivity index is 1.48. The summed E-state index contributed by atoms with van der Waals surface area (Å²) < 4.78 is 0. The SMILES string of the molecule is C[C@H](CNCCc1nc2ccccc2[nH]1)c1ccccc1. The molecule has 0 bridgehead atoms. The number of aromatic nitrogens is 2. The van der Waals surface area contributed by atoms with Crippen LogP contribution in [-0.2, 0) is 6.42 Å². The predicted molar refractivity (Wildman–Crippen MR) is 87.5 cm³/mol. The van der Waals surface area contributed by atoms with Crippen molar-refractivity contribution in [1.29, 1.82) is 0 Å². The van der Waals surface area contributed by atoms with Crippen LogP contribution in [0.25, 0.3) is 11.0 Å². The third-order valence-corrected chi connectivity index (χ3v) is 3.80. The van der Waals surface area contributed by atoms with E-state index in [-0.39, 0.29) is 0 Å². The Labute approximate surface area is 125 Å². The molecular formula is C18H21N3. The largest absolute Gasteiger partial charge is 0.342 e. The Morgan fingerprint density at radius 1 is 1.05 bits per heavy atom. The van der Waals surface area contributed by atoms with Gasteiger partial charge in [0, 0.05) is 19.5 Å². The van der Waals surface area contributed by atoms with Crippen LogP contribution < -0.4 is 5.32 Å². The molecule has 0 amide bonds. The van der Waals surface area contributed by atoms with E-state index in [2.05, 4.69) is 58.6 Å². The van der Waals surface area contributed by atoms with Crippen molar-refractivity contribution in [3.05, 3.63) is 66.0 Å². The van der Waals surface area contributed by atoms with Crippen molar-refractivity contribution in [1.82, 2.24) is 15.3 Å². The minimum Gasteiger partial charge on any atom is -0.342 e. The van der Waals surface area contributed by atoms with Gasteiger partial charge in [-0.05, 0) is 23.6 Å². The lowest BCUT2D eigenvalue weighted by Crippen LogP contribution is -2.22. The van der Waals surface area contributed by atoms with Crippen molar-refractivity contribution in [3.63, 3.8) is 0 Å². The summed E-state index contributed by atoms with van der Waals surface area (Å²) in [6, 6.07) is 18.8. The summed E-state index contributed by atoms with van der Waals surface area (Å²) in [6.45, 7) is 4.19. The average molecular weight is 279 g/mol. The molecule has 0 fully saturated rings. The van der Waals surface area contributed by atoms with Gasteiger partial charge in [0.1, 0.15) is 5.82 Å². The maximum atomic E-state index is 4.59. The quantitative estimate of drug-likeness (QED) is 0.678. The summed E-state index contributed by atoms with van der Waals surface area (Å²) in [5, 5.41) is 3.52. The second-order valence-electron chi connectivity index (χ2n) is 5.47. The maximum absolute atomic E-state index is 4.59. The van der Waals surface area contributed by atoms with Crippen molar-refractivity contribution in [2.45, 2.75) is 19.3 Å². The maximum Gasteiger partial charge on any atom is 0.108 e. The Morgan fingerprint density at radius 3 is 2.62 bits per heavy atom. The minimum atomic E-state index is 0.530. The van der Waals surface area contributed by atoms with Gasteiger partial charge in [-0.3, -0.25) is 0 Å². The van der Waals surface area contributed by atoms with Gasteiger partial charge >= 0.3 is 0 Å². The number of rotatable bonds is 6. The van der Waals surface area contributed by atoms with Crippen molar-refractivity contribution in [2.75, 3.05) is 13.1 Å². The van der Waals surface area contributed by atoms with Crippen LogP contribution in [0.3, 0.4) is 0 Å². The fourth-order valence-corrected chi connectivity index (χ4v) is 2.55. The number of nitrogens with one attached hydrogen (secondary N) is 2. The first kappa shape index (κ1) is 13.8.